The maximum absolute atomic E-state index is 11.8. The van der Waals surface area contributed by atoms with E-state index >= 15 is 0 Å². The van der Waals surface area contributed by atoms with E-state index in [0.29, 0.717) is 33.4 Å². The Labute approximate surface area is 147 Å². The quantitative estimate of drug-likeness (QED) is 0.649. The van der Waals surface area contributed by atoms with E-state index in [1.54, 1.807) is 26.2 Å². The molecule has 7 nitrogen and oxygen atoms in total. The van der Waals surface area contributed by atoms with Crippen LogP contribution in [0.4, 0.5) is 0 Å². The number of likely N-dealkylation sites (tertiary alicyclic amines) is 1. The first kappa shape index (κ1) is 16.7. The molecule has 1 saturated heterocycles. The van der Waals surface area contributed by atoms with Gasteiger partial charge in [0.05, 0.1) is 29.9 Å². The van der Waals surface area contributed by atoms with Crippen LogP contribution in [-0.4, -0.2) is 56.0 Å². The van der Waals surface area contributed by atoms with Gasteiger partial charge in [-0.15, -0.1) is 5.10 Å². The lowest BCUT2D eigenvalue weighted by atomic mass is 10.2. The van der Waals surface area contributed by atoms with Crippen LogP contribution in [0.2, 0.25) is 10.0 Å². The van der Waals surface area contributed by atoms with Gasteiger partial charge in [0, 0.05) is 19.2 Å². The lowest BCUT2D eigenvalue weighted by molar-refractivity contribution is -0.146. The smallest absolute Gasteiger partial charge is 0.323 e. The summed E-state index contributed by atoms with van der Waals surface area (Å²) in [5.41, 5.74) is 0.482. The summed E-state index contributed by atoms with van der Waals surface area (Å²) in [6, 6.07) is 1.06. The van der Waals surface area contributed by atoms with Crippen molar-refractivity contribution in [1.29, 1.82) is 0 Å². The number of β-amino-alcohol motifs (C(OH)–C–C–N with tert-alkyl or cyclic N) is 1. The summed E-state index contributed by atoms with van der Waals surface area (Å²) in [5.74, 6) is -0.391. The molecule has 1 fully saturated rings. The molecule has 1 aliphatic heterocycles. The van der Waals surface area contributed by atoms with E-state index in [-0.39, 0.29) is 6.67 Å². The van der Waals surface area contributed by atoms with E-state index in [1.165, 1.54) is 7.11 Å². The summed E-state index contributed by atoms with van der Waals surface area (Å²) in [7, 11) is 1.32. The number of hydrogen-bond acceptors (Lipinski definition) is 6. The minimum absolute atomic E-state index is 0.241. The fraction of sp³-hybridized carbons (Fsp3) is 0.462. The average Bonchev–Trinajstić information content (AvgIpc) is 3.01. The molecule has 2 aromatic heterocycles. The molecule has 1 aliphatic rings. The molecule has 3 rings (SSSR count). The molecule has 124 valence electrons. The summed E-state index contributed by atoms with van der Waals surface area (Å²) in [5, 5.41) is 15.0. The van der Waals surface area contributed by atoms with Crippen molar-refractivity contribution >= 4 is 47.0 Å². The predicted octanol–water partition coefficient (Wildman–Crippen LogP) is 1.74. The van der Waals surface area contributed by atoms with Crippen LogP contribution in [0.25, 0.3) is 5.65 Å². The number of aromatic nitrogens is 3. The Morgan fingerprint density at radius 1 is 1.57 bits per heavy atom. The number of hydrogen-bond donors (Lipinski definition) is 1. The van der Waals surface area contributed by atoms with Crippen LogP contribution < -0.4 is 0 Å². The van der Waals surface area contributed by atoms with Gasteiger partial charge in [-0.2, -0.15) is 0 Å². The first-order valence-corrected chi connectivity index (χ1v) is 8.01. The standard InChI is InChI=1S/C13H14Cl2N4O3S/c1-22-12(21)10-3-8(20)5-17(10)6-19-13(23)18-4-7(14)2-9(15)11(18)16-19/h2,4,8,10,20H,3,5-6H2,1H3/t8-,10+/m1/s1. The number of aliphatic hydroxyl groups is 1. The van der Waals surface area contributed by atoms with Crippen molar-refractivity contribution in [3.05, 3.63) is 27.1 Å². The first-order valence-electron chi connectivity index (χ1n) is 6.85. The second kappa shape index (κ2) is 6.37. The Morgan fingerprint density at radius 2 is 2.30 bits per heavy atom. The van der Waals surface area contributed by atoms with Crippen LogP contribution in [0.1, 0.15) is 6.42 Å². The van der Waals surface area contributed by atoms with Gasteiger partial charge in [0.1, 0.15) is 6.04 Å². The summed E-state index contributed by atoms with van der Waals surface area (Å²) < 4.78 is 8.33. The lowest BCUT2D eigenvalue weighted by Crippen LogP contribution is -2.38. The van der Waals surface area contributed by atoms with Crippen molar-refractivity contribution in [2.45, 2.75) is 25.2 Å². The number of halogens is 2. The van der Waals surface area contributed by atoms with Crippen molar-refractivity contribution in [1.82, 2.24) is 19.1 Å². The Balaban J connectivity index is 1.95. The van der Waals surface area contributed by atoms with Gasteiger partial charge in [0.15, 0.2) is 5.65 Å². The molecule has 0 radical (unpaired) electrons. The van der Waals surface area contributed by atoms with Crippen LogP contribution >= 0.6 is 35.4 Å². The topological polar surface area (TPSA) is 72.0 Å². The molecule has 0 aliphatic carbocycles. The summed E-state index contributed by atoms with van der Waals surface area (Å²) >= 11 is 17.5. The normalized spacial score (nSPS) is 21.9. The maximum atomic E-state index is 11.8. The number of pyridine rings is 1. The Kier molecular flexibility index (Phi) is 4.61. The van der Waals surface area contributed by atoms with Crippen LogP contribution in [0.5, 0.6) is 0 Å². The molecule has 0 saturated carbocycles. The SMILES string of the molecule is COC(=O)[C@@H]1C[C@@H](O)CN1Cn1nc2c(Cl)cc(Cl)cn2c1=S. The highest BCUT2D eigenvalue weighted by Crippen LogP contribution is 2.23. The van der Waals surface area contributed by atoms with Gasteiger partial charge < -0.3 is 9.84 Å². The van der Waals surface area contributed by atoms with Gasteiger partial charge in [-0.25, -0.2) is 4.68 Å². The number of carbonyl (C=O) groups is 1. The van der Waals surface area contributed by atoms with Crippen molar-refractivity contribution in [2.75, 3.05) is 13.7 Å². The number of methoxy groups -OCH3 is 1. The molecule has 1 N–H and O–H groups in total. The summed E-state index contributed by atoms with van der Waals surface area (Å²) in [4.78, 5) is 13.6. The van der Waals surface area contributed by atoms with Gasteiger partial charge >= 0.3 is 5.97 Å². The summed E-state index contributed by atoms with van der Waals surface area (Å²) in [6.45, 7) is 0.579. The van der Waals surface area contributed by atoms with Gasteiger partial charge in [0.25, 0.3) is 0 Å². The number of ether oxygens (including phenoxy) is 1. The van der Waals surface area contributed by atoms with Gasteiger partial charge in [0.2, 0.25) is 4.77 Å². The number of fused-ring (bicyclic) bond motifs is 1. The Hall–Kier alpha value is -1.19. The highest BCUT2D eigenvalue weighted by atomic mass is 35.5. The van der Waals surface area contributed by atoms with Gasteiger partial charge in [-0.1, -0.05) is 23.2 Å². The molecular weight excluding hydrogens is 363 g/mol. The molecule has 3 heterocycles. The third kappa shape index (κ3) is 3.09. The first-order chi connectivity index (χ1) is 10.9. The molecule has 0 spiro atoms. The molecule has 10 heteroatoms. The molecule has 0 amide bonds. The second-order valence-corrected chi connectivity index (χ2v) is 6.53. The van der Waals surface area contributed by atoms with E-state index in [4.69, 9.17) is 40.2 Å². The van der Waals surface area contributed by atoms with Crippen LogP contribution in [0, 0.1) is 4.77 Å². The largest absolute Gasteiger partial charge is 0.468 e. The van der Waals surface area contributed by atoms with E-state index in [9.17, 15) is 9.90 Å². The molecule has 2 aromatic rings. The number of carbonyl (C=O) groups excluding carboxylic acids is 1. The fourth-order valence-electron chi connectivity index (χ4n) is 2.73. The van der Waals surface area contributed by atoms with E-state index in [1.807, 2.05) is 0 Å². The lowest BCUT2D eigenvalue weighted by Gasteiger charge is -2.21. The maximum Gasteiger partial charge on any atom is 0.323 e. The van der Waals surface area contributed by atoms with Crippen LogP contribution in [0.15, 0.2) is 12.3 Å². The van der Waals surface area contributed by atoms with Crippen molar-refractivity contribution < 1.29 is 14.6 Å². The third-order valence-corrected chi connectivity index (χ3v) is 4.66. The van der Waals surface area contributed by atoms with Gasteiger partial charge in [-0.3, -0.25) is 14.1 Å². The van der Waals surface area contributed by atoms with E-state index in [0.717, 1.165) is 0 Å². The zero-order valence-corrected chi connectivity index (χ0v) is 14.5. The molecule has 0 aromatic carbocycles. The number of rotatable bonds is 3. The number of aliphatic hydroxyl groups excluding tert-OH is 1. The number of nitrogens with zero attached hydrogens (tertiary/aromatic N) is 4. The monoisotopic (exact) mass is 376 g/mol. The fourth-order valence-corrected chi connectivity index (χ4v) is 3.47. The molecular formula is C13H14Cl2N4O3S. The highest BCUT2D eigenvalue weighted by Gasteiger charge is 2.37. The predicted molar refractivity (Wildman–Crippen MR) is 87.2 cm³/mol. The molecule has 2 atom stereocenters. The van der Waals surface area contributed by atoms with Crippen molar-refractivity contribution in [3.8, 4) is 0 Å². The average molecular weight is 377 g/mol. The minimum atomic E-state index is -0.594. The minimum Gasteiger partial charge on any atom is -0.468 e. The zero-order chi connectivity index (χ0) is 16.7. The van der Waals surface area contributed by atoms with Crippen molar-refractivity contribution in [3.63, 3.8) is 0 Å². The number of esters is 1. The van der Waals surface area contributed by atoms with Crippen molar-refractivity contribution in [2.24, 2.45) is 0 Å². The Bertz CT molecular complexity index is 821. The van der Waals surface area contributed by atoms with Crippen LogP contribution in [-0.2, 0) is 16.2 Å². The highest BCUT2D eigenvalue weighted by molar-refractivity contribution is 7.71. The van der Waals surface area contributed by atoms with E-state index in [2.05, 4.69) is 5.10 Å². The van der Waals surface area contributed by atoms with Crippen LogP contribution in [0.3, 0.4) is 0 Å². The summed E-state index contributed by atoms with van der Waals surface area (Å²) in [6.07, 6.45) is 1.36. The zero-order valence-electron chi connectivity index (χ0n) is 12.1. The molecule has 0 unspecified atom stereocenters. The molecule has 23 heavy (non-hydrogen) atoms. The second-order valence-electron chi connectivity index (χ2n) is 5.32. The van der Waals surface area contributed by atoms with Gasteiger partial charge in [-0.05, 0) is 18.3 Å². The van der Waals surface area contributed by atoms with E-state index < -0.39 is 18.1 Å². The Morgan fingerprint density at radius 3 is 3.00 bits per heavy atom. The molecule has 0 bridgehead atoms. The third-order valence-electron chi connectivity index (χ3n) is 3.77.